The Balaban J connectivity index is 1.70. The summed E-state index contributed by atoms with van der Waals surface area (Å²) in [5.41, 5.74) is 4.81. The van der Waals surface area contributed by atoms with Crippen molar-refractivity contribution in [1.29, 1.82) is 0 Å². The smallest absolute Gasteiger partial charge is 0.140 e. The lowest BCUT2D eigenvalue weighted by atomic mass is 10.1. The summed E-state index contributed by atoms with van der Waals surface area (Å²) >= 11 is 0. The van der Waals surface area contributed by atoms with E-state index < -0.39 is 0 Å². The van der Waals surface area contributed by atoms with Crippen molar-refractivity contribution in [2.24, 2.45) is 0 Å². The van der Waals surface area contributed by atoms with Gasteiger partial charge in [0.25, 0.3) is 0 Å². The molecule has 0 aliphatic rings. The number of nitrogens with zero attached hydrogens (tertiary/aromatic N) is 2. The molecule has 1 heterocycles. The van der Waals surface area contributed by atoms with Gasteiger partial charge in [0.15, 0.2) is 0 Å². The predicted octanol–water partition coefficient (Wildman–Crippen LogP) is 5.19. The van der Waals surface area contributed by atoms with E-state index >= 15 is 0 Å². The summed E-state index contributed by atoms with van der Waals surface area (Å²) < 4.78 is 2.25. The van der Waals surface area contributed by atoms with E-state index in [4.69, 9.17) is 4.98 Å². The molecule has 25 heavy (non-hydrogen) atoms. The van der Waals surface area contributed by atoms with Crippen molar-refractivity contribution >= 4 is 0 Å². The first-order valence-electron chi connectivity index (χ1n) is 8.58. The monoisotopic (exact) mass is 324 g/mol. The molecule has 0 bridgehead atoms. The third-order valence-corrected chi connectivity index (χ3v) is 4.28. The molecule has 3 aromatic carbocycles. The third-order valence-electron chi connectivity index (χ3n) is 4.28. The van der Waals surface area contributed by atoms with Crippen LogP contribution < -0.4 is 0 Å². The fourth-order valence-electron chi connectivity index (χ4n) is 3.08. The van der Waals surface area contributed by atoms with Gasteiger partial charge in [-0.1, -0.05) is 91.0 Å². The maximum atomic E-state index is 4.93. The summed E-state index contributed by atoms with van der Waals surface area (Å²) in [6.45, 7) is 0.826. The average Bonchev–Trinajstić information content (AvgIpc) is 3.06. The highest BCUT2D eigenvalue weighted by Crippen LogP contribution is 2.21. The van der Waals surface area contributed by atoms with Gasteiger partial charge in [-0.2, -0.15) is 0 Å². The van der Waals surface area contributed by atoms with Gasteiger partial charge in [-0.25, -0.2) is 4.98 Å². The Morgan fingerprint density at radius 2 is 1.20 bits per heavy atom. The number of hydrogen-bond acceptors (Lipinski definition) is 1. The van der Waals surface area contributed by atoms with Crippen LogP contribution in [0.2, 0.25) is 0 Å². The van der Waals surface area contributed by atoms with Crippen LogP contribution in [0, 0.1) is 0 Å². The summed E-state index contributed by atoms with van der Waals surface area (Å²) in [6, 6.07) is 31.4. The molecule has 0 radical (unpaired) electrons. The quantitative estimate of drug-likeness (QED) is 0.494. The molecule has 0 aliphatic heterocycles. The minimum atomic E-state index is 0.826. The second kappa shape index (κ2) is 7.18. The first kappa shape index (κ1) is 15.4. The minimum Gasteiger partial charge on any atom is -0.326 e. The Morgan fingerprint density at radius 3 is 1.84 bits per heavy atom. The second-order valence-electron chi connectivity index (χ2n) is 6.20. The van der Waals surface area contributed by atoms with Crippen LogP contribution in [0.15, 0.2) is 97.2 Å². The van der Waals surface area contributed by atoms with E-state index in [2.05, 4.69) is 89.6 Å². The Morgan fingerprint density at radius 1 is 0.640 bits per heavy atom. The van der Waals surface area contributed by atoms with Crippen molar-refractivity contribution in [3.8, 4) is 11.4 Å². The van der Waals surface area contributed by atoms with Crippen molar-refractivity contribution in [3.63, 3.8) is 0 Å². The zero-order chi connectivity index (χ0) is 16.9. The highest BCUT2D eigenvalue weighted by Gasteiger charge is 2.11. The van der Waals surface area contributed by atoms with E-state index in [0.717, 1.165) is 30.0 Å². The van der Waals surface area contributed by atoms with Crippen LogP contribution in [0.5, 0.6) is 0 Å². The number of benzene rings is 3. The lowest BCUT2D eigenvalue weighted by molar-refractivity contribution is 0.806. The number of rotatable bonds is 5. The fraction of sp³-hybridized carbons (Fsp3) is 0.0870. The van der Waals surface area contributed by atoms with E-state index in [9.17, 15) is 0 Å². The number of hydrogen-bond donors (Lipinski definition) is 0. The molecule has 0 amide bonds. The molecule has 0 N–H and O–H groups in total. The lowest BCUT2D eigenvalue weighted by Gasteiger charge is -2.07. The molecule has 0 atom stereocenters. The number of imidazole rings is 1. The van der Waals surface area contributed by atoms with Gasteiger partial charge in [0.2, 0.25) is 0 Å². The highest BCUT2D eigenvalue weighted by atomic mass is 15.1. The van der Waals surface area contributed by atoms with Crippen LogP contribution in [-0.4, -0.2) is 9.55 Å². The topological polar surface area (TPSA) is 17.8 Å². The Kier molecular flexibility index (Phi) is 4.42. The SMILES string of the molecule is c1ccc(Cc2cn(Cc3ccccc3)c(-c3ccccc3)n2)cc1. The summed E-state index contributed by atoms with van der Waals surface area (Å²) in [7, 11) is 0. The highest BCUT2D eigenvalue weighted by molar-refractivity contribution is 5.56. The van der Waals surface area contributed by atoms with Crippen molar-refractivity contribution < 1.29 is 0 Å². The molecule has 0 saturated carbocycles. The van der Waals surface area contributed by atoms with Gasteiger partial charge in [0.1, 0.15) is 5.82 Å². The summed E-state index contributed by atoms with van der Waals surface area (Å²) in [6.07, 6.45) is 3.03. The molecule has 0 fully saturated rings. The zero-order valence-corrected chi connectivity index (χ0v) is 14.0. The summed E-state index contributed by atoms with van der Waals surface area (Å²) in [5.74, 6) is 1.02. The van der Waals surface area contributed by atoms with Crippen LogP contribution in [0.1, 0.15) is 16.8 Å². The van der Waals surface area contributed by atoms with E-state index in [1.807, 2.05) is 12.1 Å². The van der Waals surface area contributed by atoms with Crippen molar-refractivity contribution in [1.82, 2.24) is 9.55 Å². The Hall–Kier alpha value is -3.13. The van der Waals surface area contributed by atoms with E-state index in [1.54, 1.807) is 0 Å². The molecule has 0 spiro atoms. The molecular weight excluding hydrogens is 304 g/mol. The van der Waals surface area contributed by atoms with Gasteiger partial charge in [-0.15, -0.1) is 0 Å². The minimum absolute atomic E-state index is 0.826. The second-order valence-corrected chi connectivity index (χ2v) is 6.20. The molecule has 0 unspecified atom stereocenters. The molecule has 122 valence electrons. The largest absolute Gasteiger partial charge is 0.326 e. The summed E-state index contributed by atoms with van der Waals surface area (Å²) in [4.78, 5) is 4.93. The van der Waals surface area contributed by atoms with Crippen LogP contribution in [0.25, 0.3) is 11.4 Å². The standard InChI is InChI=1S/C23H20N2/c1-4-10-19(11-5-1)16-22-18-25(17-20-12-6-2-7-13-20)23(24-22)21-14-8-3-9-15-21/h1-15,18H,16-17H2. The van der Waals surface area contributed by atoms with E-state index in [-0.39, 0.29) is 0 Å². The third kappa shape index (κ3) is 3.69. The zero-order valence-electron chi connectivity index (χ0n) is 14.0. The molecule has 2 heteroatoms. The van der Waals surface area contributed by atoms with Crippen molar-refractivity contribution in [3.05, 3.63) is 114 Å². The van der Waals surface area contributed by atoms with Crippen LogP contribution >= 0.6 is 0 Å². The van der Waals surface area contributed by atoms with Crippen LogP contribution in [0.4, 0.5) is 0 Å². The normalized spacial score (nSPS) is 10.7. The van der Waals surface area contributed by atoms with Gasteiger partial charge < -0.3 is 4.57 Å². The molecule has 0 aliphatic carbocycles. The van der Waals surface area contributed by atoms with Gasteiger partial charge in [-0.3, -0.25) is 0 Å². The average molecular weight is 324 g/mol. The molecule has 0 saturated heterocycles. The van der Waals surface area contributed by atoms with Gasteiger partial charge in [-0.05, 0) is 11.1 Å². The summed E-state index contributed by atoms with van der Waals surface area (Å²) in [5, 5.41) is 0. The first-order valence-corrected chi connectivity index (χ1v) is 8.58. The van der Waals surface area contributed by atoms with Crippen molar-refractivity contribution in [2.75, 3.05) is 0 Å². The first-order chi connectivity index (χ1) is 12.4. The van der Waals surface area contributed by atoms with E-state index in [1.165, 1.54) is 11.1 Å². The maximum Gasteiger partial charge on any atom is 0.140 e. The van der Waals surface area contributed by atoms with E-state index in [0.29, 0.717) is 0 Å². The van der Waals surface area contributed by atoms with Crippen molar-refractivity contribution in [2.45, 2.75) is 13.0 Å². The van der Waals surface area contributed by atoms with Gasteiger partial charge >= 0.3 is 0 Å². The maximum absolute atomic E-state index is 4.93. The molecule has 4 rings (SSSR count). The lowest BCUT2D eigenvalue weighted by Crippen LogP contribution is -2.00. The molecule has 1 aromatic heterocycles. The van der Waals surface area contributed by atoms with Gasteiger partial charge in [0, 0.05) is 24.7 Å². The molecule has 2 nitrogen and oxygen atoms in total. The Labute approximate surface area is 148 Å². The predicted molar refractivity (Wildman–Crippen MR) is 102 cm³/mol. The fourth-order valence-corrected chi connectivity index (χ4v) is 3.08. The molecule has 4 aromatic rings. The van der Waals surface area contributed by atoms with Crippen LogP contribution in [-0.2, 0) is 13.0 Å². The molecular formula is C23H20N2. The number of aromatic nitrogens is 2. The van der Waals surface area contributed by atoms with Crippen LogP contribution in [0.3, 0.4) is 0 Å². The Bertz CT molecular complexity index is 926. The van der Waals surface area contributed by atoms with Gasteiger partial charge in [0.05, 0.1) is 5.69 Å².